The molecule has 3 aromatic rings. The van der Waals surface area contributed by atoms with Crippen molar-refractivity contribution in [2.45, 2.75) is 19.4 Å². The van der Waals surface area contributed by atoms with Crippen molar-refractivity contribution < 1.29 is 13.6 Å². The van der Waals surface area contributed by atoms with Crippen LogP contribution in [0.25, 0.3) is 10.8 Å². The van der Waals surface area contributed by atoms with Gasteiger partial charge in [-0.05, 0) is 35.1 Å². The first-order valence-electron chi connectivity index (χ1n) is 8.05. The van der Waals surface area contributed by atoms with Gasteiger partial charge >= 0.3 is 0 Å². The van der Waals surface area contributed by atoms with Crippen LogP contribution in [0, 0.1) is 23.0 Å². The van der Waals surface area contributed by atoms with E-state index in [2.05, 4.69) is 10.3 Å². The Morgan fingerprint density at radius 3 is 2.62 bits per heavy atom. The molecule has 0 aliphatic heterocycles. The van der Waals surface area contributed by atoms with E-state index in [-0.39, 0.29) is 24.4 Å². The highest BCUT2D eigenvalue weighted by Crippen LogP contribution is 2.18. The number of hydrogen-bond donors (Lipinski definition) is 1. The summed E-state index contributed by atoms with van der Waals surface area (Å²) in [5.41, 5.74) is 0.608. The van der Waals surface area contributed by atoms with E-state index in [1.54, 1.807) is 12.4 Å². The number of halogens is 2. The van der Waals surface area contributed by atoms with Crippen LogP contribution in [0.2, 0.25) is 0 Å². The van der Waals surface area contributed by atoms with E-state index in [0.717, 1.165) is 28.5 Å². The molecule has 1 amide bonds. The van der Waals surface area contributed by atoms with Crippen molar-refractivity contribution in [2.24, 2.45) is 0 Å². The minimum Gasteiger partial charge on any atom is -0.352 e. The van der Waals surface area contributed by atoms with Gasteiger partial charge in [-0.25, -0.2) is 8.78 Å². The first kappa shape index (κ1) is 17.5. The molecule has 0 saturated carbocycles. The van der Waals surface area contributed by atoms with Gasteiger partial charge in [0.15, 0.2) is 0 Å². The number of carbonyl (C=O) groups excluding carboxylic acids is 1. The van der Waals surface area contributed by atoms with E-state index >= 15 is 0 Å². The maximum absolute atomic E-state index is 13.6. The molecule has 0 atom stereocenters. The summed E-state index contributed by atoms with van der Waals surface area (Å²) in [6.07, 6.45) is 4.25. The Morgan fingerprint density at radius 2 is 1.88 bits per heavy atom. The van der Waals surface area contributed by atoms with E-state index in [4.69, 9.17) is 5.26 Å². The number of carbonyl (C=O) groups is 1. The van der Waals surface area contributed by atoms with Gasteiger partial charge in [0.25, 0.3) is 0 Å². The van der Waals surface area contributed by atoms with Crippen LogP contribution in [0.5, 0.6) is 0 Å². The zero-order valence-corrected chi connectivity index (χ0v) is 13.8. The minimum absolute atomic E-state index is 0.00777. The maximum atomic E-state index is 13.6. The van der Waals surface area contributed by atoms with E-state index in [1.165, 1.54) is 6.07 Å². The summed E-state index contributed by atoms with van der Waals surface area (Å²) in [5, 5.41) is 13.3. The van der Waals surface area contributed by atoms with E-state index < -0.39 is 17.2 Å². The predicted molar refractivity (Wildman–Crippen MR) is 93.0 cm³/mol. The lowest BCUT2D eigenvalue weighted by Crippen LogP contribution is -2.23. The molecule has 6 heteroatoms. The number of aromatic nitrogens is 1. The second-order valence-corrected chi connectivity index (χ2v) is 5.84. The van der Waals surface area contributed by atoms with Gasteiger partial charge in [-0.2, -0.15) is 5.26 Å². The molecule has 0 unspecified atom stereocenters. The largest absolute Gasteiger partial charge is 0.352 e. The molecule has 0 fully saturated rings. The van der Waals surface area contributed by atoms with Gasteiger partial charge in [-0.1, -0.05) is 24.3 Å². The van der Waals surface area contributed by atoms with Crippen LogP contribution in [0.1, 0.15) is 23.1 Å². The van der Waals surface area contributed by atoms with Crippen molar-refractivity contribution in [3.8, 4) is 6.07 Å². The third-order valence-corrected chi connectivity index (χ3v) is 4.08. The summed E-state index contributed by atoms with van der Waals surface area (Å²) in [6.45, 7) is -0.00777. The molecule has 0 aliphatic rings. The molecule has 1 heterocycles. The maximum Gasteiger partial charge on any atom is 0.220 e. The van der Waals surface area contributed by atoms with Gasteiger partial charge in [-0.3, -0.25) is 9.78 Å². The monoisotopic (exact) mass is 351 g/mol. The van der Waals surface area contributed by atoms with Crippen molar-refractivity contribution in [3.05, 3.63) is 77.1 Å². The fourth-order valence-electron chi connectivity index (χ4n) is 2.75. The summed E-state index contributed by atoms with van der Waals surface area (Å²) in [6, 6.07) is 11.4. The molecule has 0 saturated heterocycles. The molecule has 0 spiro atoms. The predicted octanol–water partition coefficient (Wildman–Crippen LogP) is 3.63. The molecule has 2 aromatic carbocycles. The number of rotatable bonds is 5. The number of hydrogen-bond acceptors (Lipinski definition) is 3. The lowest BCUT2D eigenvalue weighted by molar-refractivity contribution is -0.121. The third-order valence-electron chi connectivity index (χ3n) is 4.08. The molecule has 1 N–H and O–H groups in total. The summed E-state index contributed by atoms with van der Waals surface area (Å²) in [7, 11) is 0. The van der Waals surface area contributed by atoms with Gasteiger partial charge in [0.1, 0.15) is 23.3 Å². The molecular weight excluding hydrogens is 336 g/mol. The highest BCUT2D eigenvalue weighted by Gasteiger charge is 2.11. The van der Waals surface area contributed by atoms with Gasteiger partial charge in [-0.15, -0.1) is 0 Å². The Hall–Kier alpha value is -3.33. The summed E-state index contributed by atoms with van der Waals surface area (Å²) >= 11 is 0. The first-order chi connectivity index (χ1) is 12.6. The highest BCUT2D eigenvalue weighted by molar-refractivity contribution is 5.85. The van der Waals surface area contributed by atoms with Gasteiger partial charge < -0.3 is 5.32 Å². The van der Waals surface area contributed by atoms with Crippen LogP contribution >= 0.6 is 0 Å². The number of amides is 1. The van der Waals surface area contributed by atoms with Gasteiger partial charge in [0.05, 0.1) is 0 Å². The number of pyridine rings is 1. The van der Waals surface area contributed by atoms with Crippen LogP contribution in [0.4, 0.5) is 8.78 Å². The zero-order valence-electron chi connectivity index (χ0n) is 13.8. The average Bonchev–Trinajstić information content (AvgIpc) is 2.64. The first-order valence-corrected chi connectivity index (χ1v) is 8.05. The van der Waals surface area contributed by atoms with E-state index in [9.17, 15) is 13.6 Å². The Kier molecular flexibility index (Phi) is 5.18. The number of benzene rings is 2. The fraction of sp³-hybridized carbons (Fsp3) is 0.150. The molecular formula is C20H15F2N3O. The lowest BCUT2D eigenvalue weighted by Gasteiger charge is -2.08. The summed E-state index contributed by atoms with van der Waals surface area (Å²) in [5.74, 6) is -2.10. The Bertz CT molecular complexity index is 983. The van der Waals surface area contributed by atoms with Crippen LogP contribution in [0.15, 0.2) is 48.8 Å². The van der Waals surface area contributed by atoms with Crippen molar-refractivity contribution in [1.82, 2.24) is 10.3 Å². The average molecular weight is 351 g/mol. The van der Waals surface area contributed by atoms with Crippen LogP contribution in [-0.4, -0.2) is 10.9 Å². The molecule has 4 nitrogen and oxygen atoms in total. The second kappa shape index (κ2) is 7.70. The molecule has 1 aromatic heterocycles. The normalized spacial score (nSPS) is 10.5. The van der Waals surface area contributed by atoms with Crippen molar-refractivity contribution >= 4 is 16.7 Å². The molecule has 3 rings (SSSR count). The number of aryl methyl sites for hydroxylation is 1. The third kappa shape index (κ3) is 3.83. The Morgan fingerprint density at radius 1 is 1.15 bits per heavy atom. The van der Waals surface area contributed by atoms with Crippen LogP contribution < -0.4 is 5.32 Å². The zero-order chi connectivity index (χ0) is 18.5. The Labute approximate surface area is 149 Å². The highest BCUT2D eigenvalue weighted by atomic mass is 19.1. The molecule has 0 bridgehead atoms. The van der Waals surface area contributed by atoms with Crippen molar-refractivity contribution in [1.29, 1.82) is 5.26 Å². The van der Waals surface area contributed by atoms with E-state index in [1.807, 2.05) is 24.3 Å². The molecule has 0 radical (unpaired) electrons. The molecule has 26 heavy (non-hydrogen) atoms. The fourth-order valence-corrected chi connectivity index (χ4v) is 2.75. The van der Waals surface area contributed by atoms with Crippen molar-refractivity contribution in [3.63, 3.8) is 0 Å². The standard InChI is InChI=1S/C20H15F2N3O/c21-18-7-13(8-19(22)17(18)9-23)10-25-20(26)6-5-15-12-24-11-14-3-1-2-4-16(14)15/h1-4,7-8,11-12H,5-6,10H2,(H,25,26). The SMILES string of the molecule is N#Cc1c(F)cc(CNC(=O)CCc2cncc3ccccc23)cc1F. The van der Waals surface area contributed by atoms with Crippen LogP contribution in [0.3, 0.4) is 0 Å². The number of nitriles is 1. The molecule has 0 aliphatic carbocycles. The number of fused-ring (bicyclic) bond motifs is 1. The second-order valence-electron chi connectivity index (χ2n) is 5.84. The minimum atomic E-state index is -0.932. The summed E-state index contributed by atoms with van der Waals surface area (Å²) in [4.78, 5) is 16.2. The smallest absolute Gasteiger partial charge is 0.220 e. The topological polar surface area (TPSA) is 65.8 Å². The number of nitrogens with zero attached hydrogens (tertiary/aromatic N) is 2. The lowest BCUT2D eigenvalue weighted by atomic mass is 10.0. The summed E-state index contributed by atoms with van der Waals surface area (Å²) < 4.78 is 27.1. The van der Waals surface area contributed by atoms with Crippen LogP contribution in [-0.2, 0) is 17.8 Å². The van der Waals surface area contributed by atoms with E-state index in [0.29, 0.717) is 6.42 Å². The van der Waals surface area contributed by atoms with Crippen molar-refractivity contribution in [2.75, 3.05) is 0 Å². The van der Waals surface area contributed by atoms with Gasteiger partial charge in [0.2, 0.25) is 5.91 Å². The number of nitrogens with one attached hydrogen (secondary N) is 1. The Balaban J connectivity index is 1.60. The quantitative estimate of drug-likeness (QED) is 0.763. The molecule has 130 valence electrons. The van der Waals surface area contributed by atoms with Gasteiger partial charge in [0, 0.05) is 30.7 Å².